The molecule has 5 heteroatoms. The van der Waals surface area contributed by atoms with Gasteiger partial charge in [-0.1, -0.05) is 18.2 Å². The Morgan fingerprint density at radius 3 is 2.57 bits per heavy atom. The molecular weight excluding hydrogens is 273 g/mol. The van der Waals surface area contributed by atoms with Gasteiger partial charge in [-0.05, 0) is 30.3 Å². The van der Waals surface area contributed by atoms with E-state index in [9.17, 15) is 9.18 Å². The van der Waals surface area contributed by atoms with E-state index in [1.54, 1.807) is 0 Å². The van der Waals surface area contributed by atoms with Crippen molar-refractivity contribution in [2.45, 2.75) is 6.42 Å². The lowest BCUT2D eigenvalue weighted by atomic mass is 10.2. The van der Waals surface area contributed by atoms with Gasteiger partial charge in [0.2, 0.25) is 0 Å². The molecule has 2 N–H and O–H groups in total. The van der Waals surface area contributed by atoms with Crippen LogP contribution in [0.25, 0.3) is 0 Å². The molecule has 0 saturated carbocycles. The zero-order chi connectivity index (χ0) is 15.1. The normalized spacial score (nSPS) is 10.1. The molecule has 0 aliphatic heterocycles. The van der Waals surface area contributed by atoms with Crippen LogP contribution in [0.1, 0.15) is 16.8 Å². The molecule has 110 valence electrons. The third kappa shape index (κ3) is 4.49. The lowest BCUT2D eigenvalue weighted by Gasteiger charge is -2.08. The first kappa shape index (κ1) is 14.8. The van der Waals surface area contributed by atoms with E-state index in [0.717, 1.165) is 11.8 Å². The number of halogens is 1. The van der Waals surface area contributed by atoms with Gasteiger partial charge in [0.05, 0.1) is 18.8 Å². The van der Waals surface area contributed by atoms with E-state index in [0.29, 0.717) is 13.0 Å². The molecule has 21 heavy (non-hydrogen) atoms. The Morgan fingerprint density at radius 1 is 1.10 bits per heavy atom. The molecule has 0 amide bonds. The molecule has 0 radical (unpaired) electrons. The second-order valence-corrected chi connectivity index (χ2v) is 4.38. The van der Waals surface area contributed by atoms with Gasteiger partial charge in [-0.15, -0.1) is 0 Å². The summed E-state index contributed by atoms with van der Waals surface area (Å²) in [6.45, 7) is 0.651. The predicted octanol–water partition coefficient (Wildman–Crippen LogP) is 3.03. The maximum absolute atomic E-state index is 12.9. The number of benzene rings is 2. The highest BCUT2D eigenvalue weighted by Crippen LogP contribution is 2.14. The smallest absolute Gasteiger partial charge is 0.340 e. The number of ether oxygens (including phenoxy) is 2. The first-order valence-corrected chi connectivity index (χ1v) is 6.57. The van der Waals surface area contributed by atoms with E-state index in [4.69, 9.17) is 15.2 Å². The van der Waals surface area contributed by atoms with E-state index in [-0.39, 0.29) is 17.9 Å². The fraction of sp³-hybridized carbons (Fsp3) is 0.188. The van der Waals surface area contributed by atoms with E-state index in [1.807, 2.05) is 30.3 Å². The molecule has 0 atom stereocenters. The van der Waals surface area contributed by atoms with Crippen LogP contribution in [0.5, 0.6) is 5.75 Å². The molecule has 0 saturated heterocycles. The molecule has 2 aromatic rings. The van der Waals surface area contributed by atoms with Crippen molar-refractivity contribution in [3.05, 3.63) is 59.9 Å². The van der Waals surface area contributed by atoms with Gasteiger partial charge in [0, 0.05) is 12.1 Å². The molecule has 0 aliphatic carbocycles. The summed E-state index contributed by atoms with van der Waals surface area (Å²) in [5.41, 5.74) is 5.80. The summed E-state index contributed by atoms with van der Waals surface area (Å²) < 4.78 is 23.4. The van der Waals surface area contributed by atoms with Crippen LogP contribution in [0.4, 0.5) is 10.1 Å². The summed E-state index contributed by atoms with van der Waals surface area (Å²) in [4.78, 5) is 11.7. The number of anilines is 1. The third-order valence-electron chi connectivity index (χ3n) is 2.77. The molecule has 0 heterocycles. The number of esters is 1. The first-order valence-electron chi connectivity index (χ1n) is 6.57. The number of carbonyl (C=O) groups is 1. The maximum atomic E-state index is 12.9. The van der Waals surface area contributed by atoms with Gasteiger partial charge in [-0.2, -0.15) is 0 Å². The van der Waals surface area contributed by atoms with Gasteiger partial charge < -0.3 is 15.2 Å². The number of hydrogen-bond donors (Lipinski definition) is 1. The van der Waals surface area contributed by atoms with Gasteiger partial charge in [-0.25, -0.2) is 9.18 Å². The maximum Gasteiger partial charge on any atom is 0.340 e. The zero-order valence-corrected chi connectivity index (χ0v) is 11.4. The van der Waals surface area contributed by atoms with Gasteiger partial charge in [0.25, 0.3) is 0 Å². The van der Waals surface area contributed by atoms with Crippen molar-refractivity contribution in [1.82, 2.24) is 0 Å². The SMILES string of the molecule is Nc1cc(F)ccc1C(=O)OCCCOc1ccccc1. The summed E-state index contributed by atoms with van der Waals surface area (Å²) in [6.07, 6.45) is 0.557. The minimum atomic E-state index is -0.563. The van der Waals surface area contributed by atoms with Crippen LogP contribution in [0.15, 0.2) is 48.5 Å². The summed E-state index contributed by atoms with van der Waals surface area (Å²) in [7, 11) is 0. The molecule has 2 rings (SSSR count). The van der Waals surface area contributed by atoms with Crippen molar-refractivity contribution in [1.29, 1.82) is 0 Å². The van der Waals surface area contributed by atoms with Crippen LogP contribution < -0.4 is 10.5 Å². The molecule has 0 aromatic heterocycles. The summed E-state index contributed by atoms with van der Waals surface area (Å²) in [5, 5.41) is 0. The standard InChI is InChI=1S/C16H16FNO3/c17-12-7-8-14(15(18)11-12)16(19)21-10-4-9-20-13-5-2-1-3-6-13/h1-3,5-8,11H,4,9-10,18H2. The molecule has 0 unspecified atom stereocenters. The average molecular weight is 289 g/mol. The fourth-order valence-electron chi connectivity index (χ4n) is 1.73. The summed E-state index contributed by atoms with van der Waals surface area (Å²) >= 11 is 0. The fourth-order valence-corrected chi connectivity index (χ4v) is 1.73. The second-order valence-electron chi connectivity index (χ2n) is 4.38. The highest BCUT2D eigenvalue weighted by atomic mass is 19.1. The molecule has 0 aliphatic rings. The van der Waals surface area contributed by atoms with Crippen molar-refractivity contribution in [2.24, 2.45) is 0 Å². The van der Waals surface area contributed by atoms with Crippen molar-refractivity contribution in [3.8, 4) is 5.75 Å². The van der Waals surface area contributed by atoms with Crippen LogP contribution in [0.3, 0.4) is 0 Å². The van der Waals surface area contributed by atoms with Crippen molar-refractivity contribution < 1.29 is 18.7 Å². The topological polar surface area (TPSA) is 61.6 Å². The lowest BCUT2D eigenvalue weighted by Crippen LogP contribution is -2.11. The van der Waals surface area contributed by atoms with Gasteiger partial charge in [0.15, 0.2) is 0 Å². The molecule has 2 aromatic carbocycles. The minimum absolute atomic E-state index is 0.0699. The van der Waals surface area contributed by atoms with E-state index in [2.05, 4.69) is 0 Å². The van der Waals surface area contributed by atoms with Crippen LogP contribution in [0.2, 0.25) is 0 Å². The molecule has 0 spiro atoms. The number of rotatable bonds is 6. The third-order valence-corrected chi connectivity index (χ3v) is 2.77. The zero-order valence-electron chi connectivity index (χ0n) is 11.4. The van der Waals surface area contributed by atoms with E-state index < -0.39 is 11.8 Å². The monoisotopic (exact) mass is 289 g/mol. The number of para-hydroxylation sites is 1. The van der Waals surface area contributed by atoms with Gasteiger partial charge in [0.1, 0.15) is 11.6 Å². The van der Waals surface area contributed by atoms with Gasteiger partial charge >= 0.3 is 5.97 Å². The number of nitrogens with two attached hydrogens (primary N) is 1. The average Bonchev–Trinajstić information content (AvgIpc) is 2.47. The van der Waals surface area contributed by atoms with E-state index in [1.165, 1.54) is 12.1 Å². The molecular formula is C16H16FNO3. The van der Waals surface area contributed by atoms with Crippen LogP contribution in [-0.4, -0.2) is 19.2 Å². The van der Waals surface area contributed by atoms with Crippen molar-refractivity contribution in [3.63, 3.8) is 0 Å². The number of nitrogen functional groups attached to an aromatic ring is 1. The van der Waals surface area contributed by atoms with Crippen molar-refractivity contribution >= 4 is 11.7 Å². The Morgan fingerprint density at radius 2 is 1.86 bits per heavy atom. The van der Waals surface area contributed by atoms with Crippen LogP contribution in [0, 0.1) is 5.82 Å². The quantitative estimate of drug-likeness (QED) is 0.504. The van der Waals surface area contributed by atoms with Crippen LogP contribution >= 0.6 is 0 Å². The second kappa shape index (κ2) is 7.28. The summed E-state index contributed by atoms with van der Waals surface area (Å²) in [6, 6.07) is 12.9. The van der Waals surface area contributed by atoms with Crippen LogP contribution in [-0.2, 0) is 4.74 Å². The predicted molar refractivity (Wildman–Crippen MR) is 77.6 cm³/mol. The summed E-state index contributed by atoms with van der Waals surface area (Å²) in [5.74, 6) is -0.279. The highest BCUT2D eigenvalue weighted by Gasteiger charge is 2.11. The Kier molecular flexibility index (Phi) is 5.15. The Balaban J connectivity index is 1.72. The molecule has 4 nitrogen and oxygen atoms in total. The lowest BCUT2D eigenvalue weighted by molar-refractivity contribution is 0.0487. The Hall–Kier alpha value is -2.56. The Bertz CT molecular complexity index is 602. The number of carbonyl (C=O) groups excluding carboxylic acids is 1. The largest absolute Gasteiger partial charge is 0.493 e. The number of hydrogen-bond acceptors (Lipinski definition) is 4. The Labute approximate surface area is 122 Å². The van der Waals surface area contributed by atoms with Crippen molar-refractivity contribution in [2.75, 3.05) is 18.9 Å². The minimum Gasteiger partial charge on any atom is -0.493 e. The van der Waals surface area contributed by atoms with E-state index >= 15 is 0 Å². The molecule has 0 fully saturated rings. The van der Waals surface area contributed by atoms with Gasteiger partial charge in [-0.3, -0.25) is 0 Å². The molecule has 0 bridgehead atoms. The highest BCUT2D eigenvalue weighted by molar-refractivity contribution is 5.94. The first-order chi connectivity index (χ1) is 10.2.